The summed E-state index contributed by atoms with van der Waals surface area (Å²) in [6, 6.07) is 7.43. The third-order valence-corrected chi connectivity index (χ3v) is 2.39. The molecule has 1 N–H and O–H groups in total. The van der Waals surface area contributed by atoms with Gasteiger partial charge in [0, 0.05) is 23.0 Å². The molecule has 2 nitrogen and oxygen atoms in total. The van der Waals surface area contributed by atoms with Crippen LogP contribution < -0.4 is 0 Å². The van der Waals surface area contributed by atoms with E-state index < -0.39 is 0 Å². The summed E-state index contributed by atoms with van der Waals surface area (Å²) in [6.45, 7) is 0. The van der Waals surface area contributed by atoms with Crippen LogP contribution in [0.25, 0.3) is 11.3 Å². The molecule has 0 spiro atoms. The van der Waals surface area contributed by atoms with E-state index in [-0.39, 0.29) is 0 Å². The summed E-state index contributed by atoms with van der Waals surface area (Å²) in [6.07, 6.45) is 3.39. The normalized spacial score (nSPS) is 10.1. The van der Waals surface area contributed by atoms with Gasteiger partial charge in [-0.15, -0.1) is 0 Å². The fourth-order valence-electron chi connectivity index (χ4n) is 1.17. The maximum atomic E-state index is 5.78. The molecule has 1 aromatic carbocycles. The summed E-state index contributed by atoms with van der Waals surface area (Å²) >= 11 is 10.9. The van der Waals surface area contributed by atoms with Gasteiger partial charge < -0.3 is 4.98 Å². The van der Waals surface area contributed by atoms with Crippen LogP contribution in [-0.4, -0.2) is 9.97 Å². The second-order valence-electron chi connectivity index (χ2n) is 2.77. The number of aromatic nitrogens is 2. The van der Waals surface area contributed by atoms with E-state index in [1.165, 1.54) is 0 Å². The van der Waals surface area contributed by atoms with Gasteiger partial charge in [-0.05, 0) is 12.1 Å². The molecule has 0 radical (unpaired) electrons. The molecular formula is C10H7ClN2S. The van der Waals surface area contributed by atoms with E-state index in [9.17, 15) is 0 Å². The van der Waals surface area contributed by atoms with Gasteiger partial charge in [-0.2, -0.15) is 0 Å². The number of aromatic amines is 1. The van der Waals surface area contributed by atoms with E-state index in [0.29, 0.717) is 9.66 Å². The number of rotatable bonds is 1. The molecule has 0 unspecified atom stereocenters. The lowest BCUT2D eigenvalue weighted by Crippen LogP contribution is -1.86. The van der Waals surface area contributed by atoms with E-state index in [1.54, 1.807) is 12.4 Å². The van der Waals surface area contributed by atoms with Crippen LogP contribution in [0.5, 0.6) is 0 Å². The zero-order valence-corrected chi connectivity index (χ0v) is 8.77. The highest BCUT2D eigenvalue weighted by molar-refractivity contribution is 7.71. The summed E-state index contributed by atoms with van der Waals surface area (Å²) in [5, 5.41) is 0.708. The van der Waals surface area contributed by atoms with Gasteiger partial charge >= 0.3 is 0 Å². The highest BCUT2D eigenvalue weighted by Crippen LogP contribution is 2.19. The first-order valence-electron chi connectivity index (χ1n) is 4.07. The standard InChI is InChI=1S/C10H7ClN2S/c11-8-3-1-7(2-4-8)9-10(14)13-6-5-12-9/h1-6H,(H,13,14). The Morgan fingerprint density at radius 2 is 1.93 bits per heavy atom. The van der Waals surface area contributed by atoms with E-state index in [0.717, 1.165) is 11.3 Å². The summed E-state index contributed by atoms with van der Waals surface area (Å²) in [4.78, 5) is 7.13. The molecule has 2 aromatic rings. The van der Waals surface area contributed by atoms with Gasteiger partial charge in [0.05, 0.1) is 0 Å². The van der Waals surface area contributed by atoms with E-state index in [2.05, 4.69) is 9.97 Å². The minimum Gasteiger partial charge on any atom is -0.350 e. The van der Waals surface area contributed by atoms with Crippen molar-refractivity contribution in [2.45, 2.75) is 0 Å². The Balaban J connectivity index is 2.56. The second kappa shape index (κ2) is 3.90. The zero-order chi connectivity index (χ0) is 9.97. The molecule has 0 aliphatic heterocycles. The molecule has 0 aliphatic carbocycles. The highest BCUT2D eigenvalue weighted by Gasteiger charge is 2.00. The molecule has 2 rings (SSSR count). The van der Waals surface area contributed by atoms with E-state index in [4.69, 9.17) is 23.8 Å². The summed E-state index contributed by atoms with van der Waals surface area (Å²) in [7, 11) is 0. The molecular weight excluding hydrogens is 216 g/mol. The van der Waals surface area contributed by atoms with Gasteiger partial charge in [0.1, 0.15) is 10.3 Å². The Morgan fingerprint density at radius 1 is 1.21 bits per heavy atom. The molecule has 0 atom stereocenters. The predicted octanol–water partition coefficient (Wildman–Crippen LogP) is 3.46. The minimum absolute atomic E-state index is 0.634. The number of hydrogen-bond donors (Lipinski definition) is 1. The first-order chi connectivity index (χ1) is 6.77. The third kappa shape index (κ3) is 1.84. The van der Waals surface area contributed by atoms with Gasteiger partial charge in [-0.25, -0.2) is 0 Å². The van der Waals surface area contributed by atoms with Gasteiger partial charge in [0.2, 0.25) is 0 Å². The summed E-state index contributed by atoms with van der Waals surface area (Å²) in [5.41, 5.74) is 1.75. The number of H-pyrrole nitrogens is 1. The van der Waals surface area contributed by atoms with Crippen molar-refractivity contribution >= 4 is 23.8 Å². The van der Waals surface area contributed by atoms with Crippen molar-refractivity contribution < 1.29 is 0 Å². The van der Waals surface area contributed by atoms with E-state index >= 15 is 0 Å². The SMILES string of the molecule is S=c1[nH]ccnc1-c1ccc(Cl)cc1. The Labute approximate surface area is 91.6 Å². The van der Waals surface area contributed by atoms with Crippen molar-refractivity contribution in [3.05, 3.63) is 46.3 Å². The average Bonchev–Trinajstić information content (AvgIpc) is 2.20. The Hall–Kier alpha value is -1.19. The molecule has 0 fully saturated rings. The minimum atomic E-state index is 0.634. The number of nitrogens with zero attached hydrogens (tertiary/aromatic N) is 1. The zero-order valence-electron chi connectivity index (χ0n) is 7.20. The number of hydrogen-bond acceptors (Lipinski definition) is 2. The Bertz CT molecular complexity index is 490. The molecule has 0 amide bonds. The molecule has 0 saturated heterocycles. The Kier molecular flexibility index (Phi) is 2.61. The van der Waals surface area contributed by atoms with Crippen LogP contribution in [0.1, 0.15) is 0 Å². The van der Waals surface area contributed by atoms with Gasteiger partial charge in [-0.1, -0.05) is 36.0 Å². The third-order valence-electron chi connectivity index (χ3n) is 1.83. The molecule has 0 aliphatic rings. The van der Waals surface area contributed by atoms with Crippen molar-refractivity contribution in [3.8, 4) is 11.3 Å². The second-order valence-corrected chi connectivity index (χ2v) is 3.62. The largest absolute Gasteiger partial charge is 0.350 e. The van der Waals surface area contributed by atoms with Crippen molar-refractivity contribution in [2.75, 3.05) is 0 Å². The maximum Gasteiger partial charge on any atom is 0.129 e. The first kappa shape index (κ1) is 9.37. The highest BCUT2D eigenvalue weighted by atomic mass is 35.5. The lowest BCUT2D eigenvalue weighted by molar-refractivity contribution is 1.18. The van der Waals surface area contributed by atoms with Crippen molar-refractivity contribution in [1.82, 2.24) is 9.97 Å². The molecule has 1 aromatic heterocycles. The van der Waals surface area contributed by atoms with Crippen LogP contribution in [0.15, 0.2) is 36.7 Å². The van der Waals surface area contributed by atoms with Gasteiger partial charge in [-0.3, -0.25) is 4.98 Å². The number of halogens is 1. The molecule has 70 valence electrons. The molecule has 0 bridgehead atoms. The average molecular weight is 223 g/mol. The number of nitrogens with one attached hydrogen (secondary N) is 1. The van der Waals surface area contributed by atoms with Crippen LogP contribution in [0.2, 0.25) is 5.02 Å². The van der Waals surface area contributed by atoms with Crippen LogP contribution >= 0.6 is 23.8 Å². The van der Waals surface area contributed by atoms with Gasteiger partial charge in [0.25, 0.3) is 0 Å². The molecule has 0 saturated carbocycles. The quantitative estimate of drug-likeness (QED) is 0.749. The van der Waals surface area contributed by atoms with Crippen LogP contribution in [-0.2, 0) is 0 Å². The Morgan fingerprint density at radius 3 is 2.57 bits per heavy atom. The van der Waals surface area contributed by atoms with Crippen LogP contribution in [0.3, 0.4) is 0 Å². The monoisotopic (exact) mass is 222 g/mol. The number of benzene rings is 1. The fraction of sp³-hybridized carbons (Fsp3) is 0. The van der Waals surface area contributed by atoms with Crippen molar-refractivity contribution in [3.63, 3.8) is 0 Å². The van der Waals surface area contributed by atoms with Crippen molar-refractivity contribution in [1.29, 1.82) is 0 Å². The lowest BCUT2D eigenvalue weighted by atomic mass is 10.2. The molecule has 14 heavy (non-hydrogen) atoms. The van der Waals surface area contributed by atoms with Gasteiger partial charge in [0.15, 0.2) is 0 Å². The molecule has 4 heteroatoms. The maximum absolute atomic E-state index is 5.78. The van der Waals surface area contributed by atoms with Crippen LogP contribution in [0, 0.1) is 4.64 Å². The van der Waals surface area contributed by atoms with Crippen molar-refractivity contribution in [2.24, 2.45) is 0 Å². The lowest BCUT2D eigenvalue weighted by Gasteiger charge is -1.99. The van der Waals surface area contributed by atoms with Crippen LogP contribution in [0.4, 0.5) is 0 Å². The topological polar surface area (TPSA) is 28.7 Å². The predicted molar refractivity (Wildman–Crippen MR) is 59.9 cm³/mol. The first-order valence-corrected chi connectivity index (χ1v) is 4.85. The summed E-state index contributed by atoms with van der Waals surface area (Å²) in [5.74, 6) is 0. The molecule has 1 heterocycles. The fourth-order valence-corrected chi connectivity index (χ4v) is 1.53. The smallest absolute Gasteiger partial charge is 0.129 e. The summed E-state index contributed by atoms with van der Waals surface area (Å²) < 4.78 is 0.634. The van der Waals surface area contributed by atoms with E-state index in [1.807, 2.05) is 24.3 Å².